The molecular weight excluding hydrogens is 478 g/mol. The standard InChI is InChI=1S/C27H21N3O3S2/c1-29-16-20(22-9-5-6-10-23(22)29)15-24-26(32)30(27(34)35-24)28-25(31)19-11-13-21(14-12-19)33-17-18-7-3-2-4-8-18/h2-16H,17H2,1H3,(H,28,31). The Morgan fingerprint density at radius 1 is 1.03 bits per heavy atom. The van der Waals surface area contributed by atoms with Gasteiger partial charge in [-0.3, -0.25) is 15.0 Å². The lowest BCUT2D eigenvalue weighted by atomic mass is 10.1. The fourth-order valence-electron chi connectivity index (χ4n) is 3.80. The molecule has 4 aromatic rings. The van der Waals surface area contributed by atoms with Crippen LogP contribution in [-0.4, -0.2) is 25.7 Å². The number of carbonyl (C=O) groups excluding carboxylic acids is 2. The molecule has 0 unspecified atom stereocenters. The van der Waals surface area contributed by atoms with E-state index in [9.17, 15) is 9.59 Å². The van der Waals surface area contributed by atoms with E-state index in [1.54, 1.807) is 24.3 Å². The zero-order chi connectivity index (χ0) is 24.4. The van der Waals surface area contributed by atoms with E-state index in [2.05, 4.69) is 5.43 Å². The second-order valence-corrected chi connectivity index (χ2v) is 9.64. The van der Waals surface area contributed by atoms with Crippen molar-refractivity contribution in [2.24, 2.45) is 7.05 Å². The van der Waals surface area contributed by atoms with Crippen LogP contribution in [0.25, 0.3) is 17.0 Å². The highest BCUT2D eigenvalue weighted by atomic mass is 32.2. The van der Waals surface area contributed by atoms with Crippen molar-refractivity contribution in [2.75, 3.05) is 0 Å². The number of amides is 2. The fraction of sp³-hybridized carbons (Fsp3) is 0.0741. The number of aromatic nitrogens is 1. The van der Waals surface area contributed by atoms with Gasteiger partial charge in [-0.05, 0) is 54.2 Å². The highest BCUT2D eigenvalue weighted by molar-refractivity contribution is 8.26. The third-order valence-corrected chi connectivity index (χ3v) is 6.89. The van der Waals surface area contributed by atoms with Crippen molar-refractivity contribution in [2.45, 2.75) is 6.61 Å². The molecule has 35 heavy (non-hydrogen) atoms. The number of hydrogen-bond donors (Lipinski definition) is 1. The molecule has 0 spiro atoms. The van der Waals surface area contributed by atoms with Crippen LogP contribution in [0.3, 0.4) is 0 Å². The SMILES string of the molecule is Cn1cc(C=C2SC(=S)N(NC(=O)c3ccc(OCc4ccccc4)cc3)C2=O)c2ccccc21. The van der Waals surface area contributed by atoms with Crippen LogP contribution < -0.4 is 10.2 Å². The maximum Gasteiger partial charge on any atom is 0.285 e. The number of hydrazine groups is 1. The van der Waals surface area contributed by atoms with E-state index in [0.29, 0.717) is 22.8 Å². The number of rotatable bonds is 6. The predicted octanol–water partition coefficient (Wildman–Crippen LogP) is 5.30. The van der Waals surface area contributed by atoms with E-state index < -0.39 is 5.91 Å². The number of nitrogens with one attached hydrogen (secondary N) is 1. The molecule has 3 aromatic carbocycles. The molecule has 0 aliphatic carbocycles. The lowest BCUT2D eigenvalue weighted by Crippen LogP contribution is -2.44. The number of nitrogens with zero attached hydrogens (tertiary/aromatic N) is 2. The second kappa shape index (κ2) is 9.77. The number of aryl methyl sites for hydroxylation is 1. The molecule has 8 heteroatoms. The van der Waals surface area contributed by atoms with Crippen LogP contribution >= 0.6 is 24.0 Å². The summed E-state index contributed by atoms with van der Waals surface area (Å²) in [5.74, 6) is -0.138. The summed E-state index contributed by atoms with van der Waals surface area (Å²) in [4.78, 5) is 26.3. The first-order chi connectivity index (χ1) is 17.0. The van der Waals surface area contributed by atoms with E-state index in [1.807, 2.05) is 78.5 Å². The van der Waals surface area contributed by atoms with Gasteiger partial charge < -0.3 is 9.30 Å². The summed E-state index contributed by atoms with van der Waals surface area (Å²) >= 11 is 6.53. The minimum Gasteiger partial charge on any atom is -0.489 e. The van der Waals surface area contributed by atoms with Gasteiger partial charge in [-0.1, -0.05) is 60.3 Å². The maximum atomic E-state index is 13.0. The molecule has 2 amide bonds. The Balaban J connectivity index is 1.26. The number of benzene rings is 3. The first-order valence-corrected chi connectivity index (χ1v) is 12.1. The molecule has 0 bridgehead atoms. The van der Waals surface area contributed by atoms with Crippen LogP contribution in [0.4, 0.5) is 0 Å². The number of carbonyl (C=O) groups is 2. The highest BCUT2D eigenvalue weighted by Crippen LogP contribution is 2.33. The molecule has 0 atom stereocenters. The van der Waals surface area contributed by atoms with E-state index in [0.717, 1.165) is 38.8 Å². The molecule has 2 heterocycles. The summed E-state index contributed by atoms with van der Waals surface area (Å²) in [7, 11) is 1.96. The number of thiocarbonyl (C=S) groups is 1. The van der Waals surface area contributed by atoms with E-state index >= 15 is 0 Å². The van der Waals surface area contributed by atoms with Gasteiger partial charge in [-0.25, -0.2) is 0 Å². The third kappa shape index (κ3) is 4.84. The molecule has 1 aliphatic heterocycles. The minimum absolute atomic E-state index is 0.276. The largest absolute Gasteiger partial charge is 0.489 e. The van der Waals surface area contributed by atoms with Gasteiger partial charge in [0.05, 0.1) is 4.91 Å². The number of para-hydroxylation sites is 1. The van der Waals surface area contributed by atoms with Gasteiger partial charge >= 0.3 is 0 Å². The molecule has 0 radical (unpaired) electrons. The van der Waals surface area contributed by atoms with Gasteiger partial charge in [0.2, 0.25) is 0 Å². The lowest BCUT2D eigenvalue weighted by molar-refractivity contribution is -0.123. The summed E-state index contributed by atoms with van der Waals surface area (Å²) in [5.41, 5.74) is 6.06. The van der Waals surface area contributed by atoms with Gasteiger partial charge in [-0.15, -0.1) is 0 Å². The van der Waals surface area contributed by atoms with Gasteiger partial charge in [-0.2, -0.15) is 5.01 Å². The molecule has 0 saturated carbocycles. The van der Waals surface area contributed by atoms with Gasteiger partial charge in [0, 0.05) is 35.3 Å². The predicted molar refractivity (Wildman–Crippen MR) is 143 cm³/mol. The average Bonchev–Trinajstić information content (AvgIpc) is 3.34. The first-order valence-electron chi connectivity index (χ1n) is 10.9. The molecule has 174 valence electrons. The van der Waals surface area contributed by atoms with Crippen LogP contribution in [0.15, 0.2) is 90.0 Å². The first kappa shape index (κ1) is 22.9. The summed E-state index contributed by atoms with van der Waals surface area (Å²) in [6.45, 7) is 0.436. The maximum absolute atomic E-state index is 13.0. The van der Waals surface area contributed by atoms with Crippen molar-refractivity contribution in [1.82, 2.24) is 15.0 Å². The van der Waals surface area contributed by atoms with Crippen LogP contribution in [0.1, 0.15) is 21.5 Å². The van der Waals surface area contributed by atoms with Crippen molar-refractivity contribution in [3.8, 4) is 5.75 Å². The highest BCUT2D eigenvalue weighted by Gasteiger charge is 2.34. The number of fused-ring (bicyclic) bond motifs is 1. The van der Waals surface area contributed by atoms with Crippen LogP contribution in [0.2, 0.25) is 0 Å². The van der Waals surface area contributed by atoms with Crippen LogP contribution in [0, 0.1) is 0 Å². The summed E-state index contributed by atoms with van der Waals surface area (Å²) in [6, 6.07) is 24.6. The Kier molecular flexibility index (Phi) is 6.39. The Hall–Kier alpha value is -3.88. The molecule has 1 fully saturated rings. The molecular formula is C27H21N3O3S2. The number of ether oxygens (including phenoxy) is 1. The minimum atomic E-state index is -0.428. The van der Waals surface area contributed by atoms with Crippen molar-refractivity contribution in [3.05, 3.63) is 107 Å². The smallest absolute Gasteiger partial charge is 0.285 e. The normalized spacial score (nSPS) is 14.7. The quantitative estimate of drug-likeness (QED) is 0.288. The van der Waals surface area contributed by atoms with Crippen molar-refractivity contribution >= 4 is 57.1 Å². The van der Waals surface area contributed by atoms with E-state index in [4.69, 9.17) is 17.0 Å². The molecule has 6 nitrogen and oxygen atoms in total. The van der Waals surface area contributed by atoms with Crippen LogP contribution in [-0.2, 0) is 18.4 Å². The van der Waals surface area contributed by atoms with E-state index in [1.165, 1.54) is 0 Å². The Morgan fingerprint density at radius 3 is 2.51 bits per heavy atom. The van der Waals surface area contributed by atoms with Gasteiger partial charge in [0.25, 0.3) is 11.8 Å². The van der Waals surface area contributed by atoms with Gasteiger partial charge in [0.15, 0.2) is 4.32 Å². The lowest BCUT2D eigenvalue weighted by Gasteiger charge is -2.15. The second-order valence-electron chi connectivity index (χ2n) is 7.97. The van der Waals surface area contributed by atoms with Crippen molar-refractivity contribution in [1.29, 1.82) is 0 Å². The molecule has 1 aromatic heterocycles. The number of thioether (sulfide) groups is 1. The monoisotopic (exact) mass is 499 g/mol. The number of hydrogen-bond acceptors (Lipinski definition) is 5. The molecule has 1 saturated heterocycles. The topological polar surface area (TPSA) is 63.6 Å². The average molecular weight is 500 g/mol. The van der Waals surface area contributed by atoms with Crippen molar-refractivity contribution < 1.29 is 14.3 Å². The van der Waals surface area contributed by atoms with Gasteiger partial charge in [0.1, 0.15) is 12.4 Å². The molecule has 5 rings (SSSR count). The summed E-state index contributed by atoms with van der Waals surface area (Å²) in [5, 5.41) is 2.16. The third-order valence-electron chi connectivity index (χ3n) is 5.59. The zero-order valence-electron chi connectivity index (χ0n) is 18.8. The Morgan fingerprint density at radius 2 is 1.74 bits per heavy atom. The summed E-state index contributed by atoms with van der Waals surface area (Å²) < 4.78 is 8.05. The fourth-order valence-corrected chi connectivity index (χ4v) is 4.97. The Bertz CT molecular complexity index is 1460. The molecule has 1 aliphatic rings. The Labute approximate surface area is 212 Å². The van der Waals surface area contributed by atoms with Crippen molar-refractivity contribution in [3.63, 3.8) is 0 Å². The van der Waals surface area contributed by atoms with E-state index in [-0.39, 0.29) is 10.2 Å². The summed E-state index contributed by atoms with van der Waals surface area (Å²) in [6.07, 6.45) is 3.78. The van der Waals surface area contributed by atoms with Crippen LogP contribution in [0.5, 0.6) is 5.75 Å². The zero-order valence-corrected chi connectivity index (χ0v) is 20.4. The molecule has 1 N–H and O–H groups in total.